The fraction of sp³-hybridized carbons (Fsp3) is 0.917. The molecule has 86 valence electrons. The Morgan fingerprint density at radius 1 is 1.47 bits per heavy atom. The van der Waals surface area contributed by atoms with Crippen LogP contribution in [0.4, 0.5) is 0 Å². The van der Waals surface area contributed by atoms with Gasteiger partial charge >= 0.3 is 0 Å². The molecule has 2 N–H and O–H groups in total. The summed E-state index contributed by atoms with van der Waals surface area (Å²) in [6.07, 6.45) is 7.13. The van der Waals surface area contributed by atoms with Gasteiger partial charge in [-0.15, -0.1) is 0 Å². The number of hydrogen-bond donors (Lipinski definition) is 2. The summed E-state index contributed by atoms with van der Waals surface area (Å²) in [6, 6.07) is 0.491. The Labute approximate surface area is 92.0 Å². The predicted molar refractivity (Wildman–Crippen MR) is 60.6 cm³/mol. The van der Waals surface area contributed by atoms with Crippen LogP contribution in [0.5, 0.6) is 0 Å². The van der Waals surface area contributed by atoms with Crippen LogP contribution in [0, 0.1) is 5.92 Å². The quantitative estimate of drug-likeness (QED) is 0.721. The second kappa shape index (κ2) is 4.97. The molecule has 2 aliphatic rings. The van der Waals surface area contributed by atoms with E-state index < -0.39 is 0 Å². The monoisotopic (exact) mass is 210 g/mol. The van der Waals surface area contributed by atoms with Gasteiger partial charge < -0.3 is 10.6 Å². The van der Waals surface area contributed by atoms with E-state index in [2.05, 4.69) is 17.6 Å². The maximum atomic E-state index is 11.8. The van der Waals surface area contributed by atoms with Crippen LogP contribution in [-0.4, -0.2) is 24.5 Å². The van der Waals surface area contributed by atoms with Gasteiger partial charge in [0.15, 0.2) is 0 Å². The lowest BCUT2D eigenvalue weighted by molar-refractivity contribution is -0.123. The van der Waals surface area contributed by atoms with Crippen molar-refractivity contribution in [1.82, 2.24) is 10.6 Å². The molecule has 3 nitrogen and oxygen atoms in total. The van der Waals surface area contributed by atoms with Crippen molar-refractivity contribution in [2.75, 3.05) is 6.54 Å². The zero-order chi connectivity index (χ0) is 10.7. The van der Waals surface area contributed by atoms with Gasteiger partial charge in [-0.2, -0.15) is 0 Å². The molecule has 0 spiro atoms. The van der Waals surface area contributed by atoms with Gasteiger partial charge in [0.05, 0.1) is 6.04 Å². The summed E-state index contributed by atoms with van der Waals surface area (Å²) in [5.41, 5.74) is 0. The summed E-state index contributed by atoms with van der Waals surface area (Å²) >= 11 is 0. The van der Waals surface area contributed by atoms with Crippen LogP contribution >= 0.6 is 0 Å². The first-order valence-corrected chi connectivity index (χ1v) is 6.33. The lowest BCUT2D eigenvalue weighted by atomic mass is 10.1. The highest BCUT2D eigenvalue weighted by molar-refractivity contribution is 5.82. The Morgan fingerprint density at radius 2 is 2.27 bits per heavy atom. The minimum atomic E-state index is 0.0817. The fourth-order valence-electron chi connectivity index (χ4n) is 2.29. The molecule has 3 heteroatoms. The number of carbonyl (C=O) groups excluding carboxylic acids is 1. The van der Waals surface area contributed by atoms with E-state index in [4.69, 9.17) is 0 Å². The largest absolute Gasteiger partial charge is 0.352 e. The van der Waals surface area contributed by atoms with E-state index >= 15 is 0 Å². The third kappa shape index (κ3) is 3.20. The predicted octanol–water partition coefficient (Wildman–Crippen LogP) is 1.43. The van der Waals surface area contributed by atoms with Crippen molar-refractivity contribution in [1.29, 1.82) is 0 Å². The van der Waals surface area contributed by atoms with Crippen LogP contribution < -0.4 is 10.6 Å². The van der Waals surface area contributed by atoms with E-state index in [1.165, 1.54) is 19.3 Å². The molecule has 15 heavy (non-hydrogen) atoms. The van der Waals surface area contributed by atoms with Crippen molar-refractivity contribution in [3.63, 3.8) is 0 Å². The summed E-state index contributed by atoms with van der Waals surface area (Å²) in [7, 11) is 0. The van der Waals surface area contributed by atoms with E-state index in [0.717, 1.165) is 31.7 Å². The normalized spacial score (nSPS) is 27.7. The molecule has 1 aliphatic heterocycles. The summed E-state index contributed by atoms with van der Waals surface area (Å²) in [5, 5.41) is 6.42. The van der Waals surface area contributed by atoms with Crippen LogP contribution in [0.25, 0.3) is 0 Å². The van der Waals surface area contributed by atoms with E-state index in [9.17, 15) is 4.79 Å². The number of rotatable bonds is 5. The molecule has 0 radical (unpaired) electrons. The summed E-state index contributed by atoms with van der Waals surface area (Å²) in [5.74, 6) is 1.12. The molecule has 1 heterocycles. The minimum Gasteiger partial charge on any atom is -0.352 e. The number of hydrogen-bond acceptors (Lipinski definition) is 2. The van der Waals surface area contributed by atoms with Crippen molar-refractivity contribution in [3.8, 4) is 0 Å². The van der Waals surface area contributed by atoms with Crippen molar-refractivity contribution in [2.45, 2.75) is 57.5 Å². The Bertz CT molecular complexity index is 220. The van der Waals surface area contributed by atoms with Gasteiger partial charge in [0, 0.05) is 6.04 Å². The minimum absolute atomic E-state index is 0.0817. The molecule has 0 aromatic heterocycles. The topological polar surface area (TPSA) is 41.1 Å². The maximum Gasteiger partial charge on any atom is 0.237 e. The lowest BCUT2D eigenvalue weighted by Crippen LogP contribution is -2.45. The molecule has 1 unspecified atom stereocenters. The van der Waals surface area contributed by atoms with E-state index in [1.54, 1.807) is 0 Å². The van der Waals surface area contributed by atoms with Crippen LogP contribution in [0.15, 0.2) is 0 Å². The van der Waals surface area contributed by atoms with Crippen molar-refractivity contribution >= 4 is 5.91 Å². The summed E-state index contributed by atoms with van der Waals surface area (Å²) in [4.78, 5) is 11.8. The first kappa shape index (κ1) is 10.9. The zero-order valence-electron chi connectivity index (χ0n) is 9.59. The molecule has 2 fully saturated rings. The average molecular weight is 210 g/mol. The molecule has 1 aliphatic carbocycles. The average Bonchev–Trinajstić information content (AvgIpc) is 2.88. The Kier molecular flexibility index (Phi) is 3.62. The molecular weight excluding hydrogens is 188 g/mol. The first-order valence-electron chi connectivity index (χ1n) is 6.33. The van der Waals surface area contributed by atoms with E-state index in [0.29, 0.717) is 6.04 Å². The molecule has 0 aromatic rings. The van der Waals surface area contributed by atoms with Gasteiger partial charge in [-0.05, 0) is 38.1 Å². The smallest absolute Gasteiger partial charge is 0.237 e. The molecule has 0 aromatic carbocycles. The number of carbonyl (C=O) groups is 1. The molecular formula is C12H22N2O. The van der Waals surface area contributed by atoms with Crippen LogP contribution in [0.1, 0.15) is 45.4 Å². The maximum absolute atomic E-state index is 11.8. The van der Waals surface area contributed by atoms with Gasteiger partial charge in [0.2, 0.25) is 5.91 Å². The third-order valence-corrected chi connectivity index (χ3v) is 3.53. The first-order chi connectivity index (χ1) is 7.29. The van der Waals surface area contributed by atoms with Gasteiger partial charge in [-0.25, -0.2) is 0 Å². The van der Waals surface area contributed by atoms with Crippen LogP contribution in [0.2, 0.25) is 0 Å². The van der Waals surface area contributed by atoms with E-state index in [1.807, 2.05) is 0 Å². The van der Waals surface area contributed by atoms with E-state index in [-0.39, 0.29) is 11.9 Å². The SMILES string of the molecule is CCC(CC1CC1)NC(=O)[C@@H]1CCCN1. The highest BCUT2D eigenvalue weighted by Crippen LogP contribution is 2.34. The Balaban J connectivity index is 1.74. The fourth-order valence-corrected chi connectivity index (χ4v) is 2.29. The Morgan fingerprint density at radius 3 is 2.80 bits per heavy atom. The van der Waals surface area contributed by atoms with Gasteiger partial charge in [0.25, 0.3) is 0 Å². The molecule has 1 saturated heterocycles. The summed E-state index contributed by atoms with van der Waals surface area (Å²) in [6.45, 7) is 3.16. The molecule has 0 bridgehead atoms. The lowest BCUT2D eigenvalue weighted by Gasteiger charge is -2.19. The van der Waals surface area contributed by atoms with Gasteiger partial charge in [-0.3, -0.25) is 4.79 Å². The standard InChI is InChI=1S/C12H22N2O/c1-2-10(8-9-5-6-9)14-12(15)11-4-3-7-13-11/h9-11,13H,2-8H2,1H3,(H,14,15)/t10?,11-/m0/s1. The second-order valence-corrected chi connectivity index (χ2v) is 4.94. The molecule has 1 amide bonds. The van der Waals surface area contributed by atoms with Gasteiger partial charge in [-0.1, -0.05) is 19.8 Å². The van der Waals surface area contributed by atoms with Crippen LogP contribution in [-0.2, 0) is 4.79 Å². The van der Waals surface area contributed by atoms with Crippen molar-refractivity contribution < 1.29 is 4.79 Å². The third-order valence-electron chi connectivity index (χ3n) is 3.53. The summed E-state index contributed by atoms with van der Waals surface area (Å²) < 4.78 is 0. The van der Waals surface area contributed by atoms with Crippen LogP contribution in [0.3, 0.4) is 0 Å². The second-order valence-electron chi connectivity index (χ2n) is 4.94. The van der Waals surface area contributed by atoms with Crippen molar-refractivity contribution in [3.05, 3.63) is 0 Å². The highest BCUT2D eigenvalue weighted by atomic mass is 16.2. The number of nitrogens with one attached hydrogen (secondary N) is 2. The molecule has 2 rings (SSSR count). The zero-order valence-corrected chi connectivity index (χ0v) is 9.59. The highest BCUT2D eigenvalue weighted by Gasteiger charge is 2.28. The molecule has 1 saturated carbocycles. The van der Waals surface area contributed by atoms with Gasteiger partial charge in [0.1, 0.15) is 0 Å². The Hall–Kier alpha value is -0.570. The molecule has 2 atom stereocenters. The van der Waals surface area contributed by atoms with Crippen molar-refractivity contribution in [2.24, 2.45) is 5.92 Å². The number of amides is 1.